The molecule has 0 atom stereocenters. The van der Waals surface area contributed by atoms with Gasteiger partial charge in [-0.15, -0.1) is 0 Å². The Balaban J connectivity index is 1.78. The van der Waals surface area contributed by atoms with Gasteiger partial charge in [0.1, 0.15) is 11.6 Å². The summed E-state index contributed by atoms with van der Waals surface area (Å²) >= 11 is 5.97. The van der Waals surface area contributed by atoms with Gasteiger partial charge in [0.25, 0.3) is 0 Å². The van der Waals surface area contributed by atoms with Crippen molar-refractivity contribution in [1.29, 1.82) is 0 Å². The van der Waals surface area contributed by atoms with Crippen LogP contribution in [0.15, 0.2) is 72.8 Å². The van der Waals surface area contributed by atoms with E-state index in [4.69, 9.17) is 16.6 Å². The summed E-state index contributed by atoms with van der Waals surface area (Å²) in [5.74, 6) is 0.712. The number of benzene rings is 3. The molecule has 1 aromatic heterocycles. The van der Waals surface area contributed by atoms with Gasteiger partial charge in [-0.2, -0.15) is 0 Å². The highest BCUT2D eigenvalue weighted by molar-refractivity contribution is 6.30. The third kappa shape index (κ3) is 3.28. The average Bonchev–Trinajstić information content (AvgIpc) is 2.96. The van der Waals surface area contributed by atoms with Crippen LogP contribution in [-0.2, 0) is 13.0 Å². The van der Waals surface area contributed by atoms with Crippen molar-refractivity contribution in [1.82, 2.24) is 9.55 Å². The van der Waals surface area contributed by atoms with Gasteiger partial charge in [-0.25, -0.2) is 9.37 Å². The predicted molar refractivity (Wildman–Crippen MR) is 99.5 cm³/mol. The molecule has 3 aromatic carbocycles. The molecule has 4 rings (SSSR count). The number of rotatable bonds is 4. The Morgan fingerprint density at radius 1 is 0.880 bits per heavy atom. The number of nitrogens with zero attached hydrogens (tertiary/aromatic N) is 2. The summed E-state index contributed by atoms with van der Waals surface area (Å²) < 4.78 is 16.2. The largest absolute Gasteiger partial charge is 0.323 e. The van der Waals surface area contributed by atoms with Gasteiger partial charge in [-0.3, -0.25) is 0 Å². The van der Waals surface area contributed by atoms with Crippen LogP contribution in [0, 0.1) is 5.82 Å². The summed E-state index contributed by atoms with van der Waals surface area (Å²) in [6.45, 7) is 0.454. The monoisotopic (exact) mass is 350 g/mol. The zero-order valence-corrected chi connectivity index (χ0v) is 14.2. The molecule has 0 radical (unpaired) electrons. The summed E-state index contributed by atoms with van der Waals surface area (Å²) in [6.07, 6.45) is 0.667. The smallest absolute Gasteiger partial charge is 0.128 e. The molecule has 0 saturated heterocycles. The minimum atomic E-state index is -0.197. The van der Waals surface area contributed by atoms with Crippen LogP contribution in [0.3, 0.4) is 0 Å². The third-order valence-corrected chi connectivity index (χ3v) is 4.55. The first-order chi connectivity index (χ1) is 12.2. The Bertz CT molecular complexity index is 1020. The molecule has 4 heteroatoms. The molecule has 0 saturated carbocycles. The van der Waals surface area contributed by atoms with E-state index in [1.165, 1.54) is 6.07 Å². The molecule has 0 N–H and O–H groups in total. The molecule has 0 amide bonds. The number of halogens is 2. The Morgan fingerprint density at radius 3 is 2.40 bits per heavy atom. The second-order valence-corrected chi connectivity index (χ2v) is 6.43. The molecule has 4 aromatic rings. The lowest BCUT2D eigenvalue weighted by atomic mass is 10.1. The minimum Gasteiger partial charge on any atom is -0.323 e. The Labute approximate surface area is 150 Å². The molecule has 124 valence electrons. The van der Waals surface area contributed by atoms with E-state index in [9.17, 15) is 4.39 Å². The molecule has 0 spiro atoms. The summed E-state index contributed by atoms with van der Waals surface area (Å²) in [5.41, 5.74) is 3.70. The SMILES string of the molecule is Fc1ccccc1Cn1c(Cc2ccc(Cl)cc2)nc2ccccc21. The second-order valence-electron chi connectivity index (χ2n) is 6.00. The quantitative estimate of drug-likeness (QED) is 0.477. The van der Waals surface area contributed by atoms with Gasteiger partial charge in [0.2, 0.25) is 0 Å². The van der Waals surface area contributed by atoms with E-state index >= 15 is 0 Å². The summed E-state index contributed by atoms with van der Waals surface area (Å²) in [4.78, 5) is 4.76. The van der Waals surface area contributed by atoms with Crippen molar-refractivity contribution >= 4 is 22.6 Å². The van der Waals surface area contributed by atoms with Crippen molar-refractivity contribution in [3.05, 3.63) is 101 Å². The molecule has 0 aliphatic rings. The summed E-state index contributed by atoms with van der Waals surface area (Å²) in [6, 6.07) is 22.6. The maximum absolute atomic E-state index is 14.1. The van der Waals surface area contributed by atoms with E-state index in [0.29, 0.717) is 23.6 Å². The standard InChI is InChI=1S/C21H16ClFN2/c22-17-11-9-15(10-12-17)13-21-24-19-7-3-4-8-20(19)25(21)14-16-5-1-2-6-18(16)23/h1-12H,13-14H2. The van der Waals surface area contributed by atoms with Crippen molar-refractivity contribution in [2.75, 3.05) is 0 Å². The van der Waals surface area contributed by atoms with Crippen LogP contribution < -0.4 is 0 Å². The highest BCUT2D eigenvalue weighted by Crippen LogP contribution is 2.21. The Kier molecular flexibility index (Phi) is 4.24. The number of hydrogen-bond acceptors (Lipinski definition) is 1. The Hall–Kier alpha value is -2.65. The van der Waals surface area contributed by atoms with Gasteiger partial charge in [-0.05, 0) is 35.9 Å². The van der Waals surface area contributed by atoms with Gasteiger partial charge in [0, 0.05) is 17.0 Å². The summed E-state index contributed by atoms with van der Waals surface area (Å²) in [7, 11) is 0. The van der Waals surface area contributed by atoms with Crippen LogP contribution in [0.2, 0.25) is 5.02 Å². The highest BCUT2D eigenvalue weighted by atomic mass is 35.5. The first kappa shape index (κ1) is 15.9. The molecular formula is C21H16ClFN2. The fraction of sp³-hybridized carbons (Fsp3) is 0.0952. The van der Waals surface area contributed by atoms with E-state index < -0.39 is 0 Å². The normalized spacial score (nSPS) is 11.1. The maximum atomic E-state index is 14.1. The zero-order valence-electron chi connectivity index (χ0n) is 13.5. The highest BCUT2D eigenvalue weighted by Gasteiger charge is 2.13. The van der Waals surface area contributed by atoms with Crippen molar-refractivity contribution in [2.45, 2.75) is 13.0 Å². The molecular weight excluding hydrogens is 335 g/mol. The molecule has 25 heavy (non-hydrogen) atoms. The molecule has 0 aliphatic heterocycles. The second kappa shape index (κ2) is 6.69. The van der Waals surface area contributed by atoms with Crippen LogP contribution in [0.1, 0.15) is 17.0 Å². The number of hydrogen-bond donors (Lipinski definition) is 0. The van der Waals surface area contributed by atoms with Crippen molar-refractivity contribution < 1.29 is 4.39 Å². The third-order valence-electron chi connectivity index (χ3n) is 4.30. The lowest BCUT2D eigenvalue weighted by Crippen LogP contribution is -2.07. The van der Waals surface area contributed by atoms with Gasteiger partial charge in [0.05, 0.1) is 17.6 Å². The maximum Gasteiger partial charge on any atom is 0.128 e. The lowest BCUT2D eigenvalue weighted by Gasteiger charge is -2.10. The number of para-hydroxylation sites is 2. The van der Waals surface area contributed by atoms with Crippen LogP contribution in [-0.4, -0.2) is 9.55 Å². The van der Waals surface area contributed by atoms with Crippen molar-refractivity contribution in [3.8, 4) is 0 Å². The molecule has 0 unspecified atom stereocenters. The van der Waals surface area contributed by atoms with Crippen LogP contribution in [0.5, 0.6) is 0 Å². The lowest BCUT2D eigenvalue weighted by molar-refractivity contribution is 0.598. The van der Waals surface area contributed by atoms with Crippen molar-refractivity contribution in [3.63, 3.8) is 0 Å². The van der Waals surface area contributed by atoms with E-state index in [2.05, 4.69) is 4.57 Å². The first-order valence-corrected chi connectivity index (χ1v) is 8.50. The fourth-order valence-electron chi connectivity index (χ4n) is 3.02. The van der Waals surface area contributed by atoms with Gasteiger partial charge in [0.15, 0.2) is 0 Å². The first-order valence-electron chi connectivity index (χ1n) is 8.13. The van der Waals surface area contributed by atoms with Crippen LogP contribution in [0.25, 0.3) is 11.0 Å². The molecule has 0 aliphatic carbocycles. The van der Waals surface area contributed by atoms with Crippen molar-refractivity contribution in [2.24, 2.45) is 0 Å². The molecule has 2 nitrogen and oxygen atoms in total. The average molecular weight is 351 g/mol. The predicted octanol–water partition coefficient (Wildman–Crippen LogP) is 5.47. The molecule has 0 bridgehead atoms. The molecule has 0 fully saturated rings. The number of aromatic nitrogens is 2. The van der Waals surface area contributed by atoms with Crippen LogP contribution >= 0.6 is 11.6 Å². The molecule has 1 heterocycles. The van der Waals surface area contributed by atoms with E-state index in [1.54, 1.807) is 6.07 Å². The zero-order chi connectivity index (χ0) is 17.2. The van der Waals surface area contributed by atoms with E-state index in [1.807, 2.05) is 60.7 Å². The topological polar surface area (TPSA) is 17.8 Å². The van der Waals surface area contributed by atoms with Gasteiger partial charge in [-0.1, -0.05) is 54.1 Å². The van der Waals surface area contributed by atoms with E-state index in [-0.39, 0.29) is 5.82 Å². The minimum absolute atomic E-state index is 0.197. The fourth-order valence-corrected chi connectivity index (χ4v) is 3.14. The summed E-state index contributed by atoms with van der Waals surface area (Å²) in [5, 5.41) is 0.712. The van der Waals surface area contributed by atoms with E-state index in [0.717, 1.165) is 22.4 Å². The Morgan fingerprint density at radius 2 is 1.60 bits per heavy atom. The van der Waals surface area contributed by atoms with Gasteiger partial charge >= 0.3 is 0 Å². The van der Waals surface area contributed by atoms with Crippen LogP contribution in [0.4, 0.5) is 4.39 Å². The number of fused-ring (bicyclic) bond motifs is 1. The number of imidazole rings is 1. The van der Waals surface area contributed by atoms with Gasteiger partial charge < -0.3 is 4.57 Å².